The van der Waals surface area contributed by atoms with Crippen LogP contribution >= 0.6 is 0 Å². The Kier molecular flexibility index (Phi) is 6.27. The van der Waals surface area contributed by atoms with Crippen molar-refractivity contribution in [2.45, 2.75) is 20.3 Å². The normalized spacial score (nSPS) is 20.5. The zero-order valence-electron chi connectivity index (χ0n) is 14.4. The molecule has 1 saturated heterocycles. The lowest BCUT2D eigenvalue weighted by molar-refractivity contribution is -0.384. The zero-order valence-corrected chi connectivity index (χ0v) is 14.4. The standard InChI is InChI=1S/C18H22N2O5/c1-13-9-14(2)11-19(10-13)17(21)12-25-18(22)8-5-15-3-6-16(7-4-15)20(23)24/h3-8,13-14H,9-12H2,1-2H3/b8-5+/t13-,14-/m0/s1. The highest BCUT2D eigenvalue weighted by Crippen LogP contribution is 2.20. The van der Waals surface area contributed by atoms with Gasteiger partial charge in [-0.05, 0) is 42.0 Å². The van der Waals surface area contributed by atoms with E-state index < -0.39 is 10.9 Å². The predicted molar refractivity (Wildman–Crippen MR) is 92.6 cm³/mol. The molecule has 0 saturated carbocycles. The van der Waals surface area contributed by atoms with E-state index in [9.17, 15) is 19.7 Å². The smallest absolute Gasteiger partial charge is 0.331 e. The topological polar surface area (TPSA) is 89.8 Å². The number of nitro groups is 1. The third kappa shape index (κ3) is 5.70. The van der Waals surface area contributed by atoms with Gasteiger partial charge >= 0.3 is 5.97 Å². The number of amides is 1. The van der Waals surface area contributed by atoms with Gasteiger partial charge in [0.2, 0.25) is 0 Å². The summed E-state index contributed by atoms with van der Waals surface area (Å²) in [7, 11) is 0. The summed E-state index contributed by atoms with van der Waals surface area (Å²) in [6, 6.07) is 5.77. The lowest BCUT2D eigenvalue weighted by Crippen LogP contribution is -2.44. The molecule has 2 atom stereocenters. The van der Waals surface area contributed by atoms with Gasteiger partial charge in [0.15, 0.2) is 6.61 Å². The molecular formula is C18H22N2O5. The fraction of sp³-hybridized carbons (Fsp3) is 0.444. The lowest BCUT2D eigenvalue weighted by Gasteiger charge is -2.34. The molecule has 1 heterocycles. The first-order valence-electron chi connectivity index (χ1n) is 8.22. The Morgan fingerprint density at radius 1 is 1.24 bits per heavy atom. The van der Waals surface area contributed by atoms with Crippen LogP contribution in [0.5, 0.6) is 0 Å². The minimum atomic E-state index is -0.621. The largest absolute Gasteiger partial charge is 0.452 e. The van der Waals surface area contributed by atoms with Crippen LogP contribution in [-0.4, -0.2) is 41.4 Å². The summed E-state index contributed by atoms with van der Waals surface area (Å²) in [5, 5.41) is 10.6. The Morgan fingerprint density at radius 2 is 1.84 bits per heavy atom. The molecule has 1 fully saturated rings. The second-order valence-electron chi connectivity index (χ2n) is 6.53. The Bertz CT molecular complexity index is 659. The van der Waals surface area contributed by atoms with Crippen molar-refractivity contribution in [2.24, 2.45) is 11.8 Å². The molecule has 1 amide bonds. The van der Waals surface area contributed by atoms with Crippen LogP contribution in [0.25, 0.3) is 6.08 Å². The lowest BCUT2D eigenvalue weighted by atomic mass is 9.92. The van der Waals surface area contributed by atoms with Crippen LogP contribution in [-0.2, 0) is 14.3 Å². The summed E-state index contributed by atoms with van der Waals surface area (Å²) < 4.78 is 4.99. The molecule has 2 rings (SSSR count). The van der Waals surface area contributed by atoms with Gasteiger partial charge in [-0.15, -0.1) is 0 Å². The van der Waals surface area contributed by atoms with Gasteiger partial charge in [-0.1, -0.05) is 13.8 Å². The third-order valence-electron chi connectivity index (χ3n) is 4.08. The van der Waals surface area contributed by atoms with E-state index in [2.05, 4.69) is 13.8 Å². The maximum absolute atomic E-state index is 12.1. The quantitative estimate of drug-likeness (QED) is 0.354. The molecule has 0 radical (unpaired) electrons. The fourth-order valence-electron chi connectivity index (χ4n) is 3.01. The van der Waals surface area contributed by atoms with Crippen LogP contribution in [0.2, 0.25) is 0 Å². The number of rotatable bonds is 5. The van der Waals surface area contributed by atoms with Crippen molar-refractivity contribution < 1.29 is 19.2 Å². The van der Waals surface area contributed by atoms with Gasteiger partial charge in [-0.3, -0.25) is 14.9 Å². The molecule has 7 nitrogen and oxygen atoms in total. The summed E-state index contributed by atoms with van der Waals surface area (Å²) in [4.78, 5) is 35.7. The number of nitrogens with zero attached hydrogens (tertiary/aromatic N) is 2. The first-order chi connectivity index (χ1) is 11.8. The van der Waals surface area contributed by atoms with Crippen molar-refractivity contribution in [3.05, 3.63) is 46.0 Å². The van der Waals surface area contributed by atoms with Crippen LogP contribution in [0.15, 0.2) is 30.3 Å². The van der Waals surface area contributed by atoms with Crippen LogP contribution in [0, 0.1) is 22.0 Å². The molecular weight excluding hydrogens is 324 g/mol. The monoisotopic (exact) mass is 346 g/mol. The van der Waals surface area contributed by atoms with Gasteiger partial charge in [0.25, 0.3) is 11.6 Å². The third-order valence-corrected chi connectivity index (χ3v) is 4.08. The minimum Gasteiger partial charge on any atom is -0.452 e. The molecule has 134 valence electrons. The van der Waals surface area contributed by atoms with Crippen LogP contribution in [0.4, 0.5) is 5.69 Å². The SMILES string of the molecule is C[C@H]1C[C@H](C)CN(C(=O)COC(=O)/C=C/c2ccc([N+](=O)[O-])cc2)C1. The maximum atomic E-state index is 12.1. The second-order valence-corrected chi connectivity index (χ2v) is 6.53. The number of likely N-dealkylation sites (tertiary alicyclic amines) is 1. The highest BCUT2D eigenvalue weighted by atomic mass is 16.6. The minimum absolute atomic E-state index is 0.0182. The number of benzene rings is 1. The first kappa shape index (κ1) is 18.6. The number of ether oxygens (including phenoxy) is 1. The second kappa shape index (κ2) is 8.41. The van der Waals surface area contributed by atoms with E-state index in [-0.39, 0.29) is 18.2 Å². The number of carbonyl (C=O) groups is 2. The molecule has 0 spiro atoms. The number of hydrogen-bond acceptors (Lipinski definition) is 5. The Hall–Kier alpha value is -2.70. The highest BCUT2D eigenvalue weighted by molar-refractivity contribution is 5.89. The summed E-state index contributed by atoms with van der Waals surface area (Å²) in [6.45, 7) is 5.32. The summed E-state index contributed by atoms with van der Waals surface area (Å²) >= 11 is 0. The predicted octanol–water partition coefficient (Wildman–Crippen LogP) is 2.66. The molecule has 0 aliphatic carbocycles. The molecule has 25 heavy (non-hydrogen) atoms. The van der Waals surface area contributed by atoms with E-state index in [0.29, 0.717) is 30.5 Å². The first-order valence-corrected chi connectivity index (χ1v) is 8.22. The van der Waals surface area contributed by atoms with Gasteiger partial charge in [-0.2, -0.15) is 0 Å². The number of esters is 1. The average molecular weight is 346 g/mol. The van der Waals surface area contributed by atoms with E-state index in [1.165, 1.54) is 36.4 Å². The Morgan fingerprint density at radius 3 is 2.40 bits per heavy atom. The van der Waals surface area contributed by atoms with Gasteiger partial charge in [0.05, 0.1) is 4.92 Å². The van der Waals surface area contributed by atoms with Crippen LogP contribution in [0.1, 0.15) is 25.8 Å². The molecule has 1 aliphatic heterocycles. The van der Waals surface area contributed by atoms with E-state index in [1.54, 1.807) is 4.90 Å². The molecule has 1 aliphatic rings. The molecule has 0 aromatic heterocycles. The summed E-state index contributed by atoms with van der Waals surface area (Å²) in [5.74, 6) is 0.0937. The molecule has 0 bridgehead atoms. The Labute approximate surface area is 146 Å². The molecule has 0 unspecified atom stereocenters. The van der Waals surface area contributed by atoms with Crippen LogP contribution in [0.3, 0.4) is 0 Å². The molecule has 7 heteroatoms. The highest BCUT2D eigenvalue weighted by Gasteiger charge is 2.25. The fourth-order valence-corrected chi connectivity index (χ4v) is 3.01. The summed E-state index contributed by atoms with van der Waals surface area (Å²) in [5.41, 5.74) is 0.614. The van der Waals surface area contributed by atoms with Gasteiger partial charge in [0.1, 0.15) is 0 Å². The number of piperidine rings is 1. The van der Waals surface area contributed by atoms with E-state index in [1.807, 2.05) is 0 Å². The van der Waals surface area contributed by atoms with Gasteiger partial charge < -0.3 is 9.64 Å². The maximum Gasteiger partial charge on any atom is 0.331 e. The number of non-ortho nitro benzene ring substituents is 1. The van der Waals surface area contributed by atoms with Gasteiger partial charge in [-0.25, -0.2) is 4.79 Å². The summed E-state index contributed by atoms with van der Waals surface area (Å²) in [6.07, 6.45) is 3.79. The van der Waals surface area contributed by atoms with Gasteiger partial charge in [0, 0.05) is 31.3 Å². The van der Waals surface area contributed by atoms with Crippen molar-refractivity contribution in [2.75, 3.05) is 19.7 Å². The van der Waals surface area contributed by atoms with Crippen LogP contribution < -0.4 is 0 Å². The molecule has 1 aromatic rings. The van der Waals surface area contributed by atoms with E-state index in [0.717, 1.165) is 6.42 Å². The Balaban J connectivity index is 1.81. The number of nitro benzene ring substituents is 1. The van der Waals surface area contributed by atoms with Crippen molar-refractivity contribution in [3.63, 3.8) is 0 Å². The number of hydrogen-bond donors (Lipinski definition) is 0. The average Bonchev–Trinajstić information content (AvgIpc) is 2.57. The van der Waals surface area contributed by atoms with Crippen molar-refractivity contribution in [1.82, 2.24) is 4.90 Å². The van der Waals surface area contributed by atoms with E-state index >= 15 is 0 Å². The molecule has 0 N–H and O–H groups in total. The molecule has 1 aromatic carbocycles. The van der Waals surface area contributed by atoms with Crippen molar-refractivity contribution in [1.29, 1.82) is 0 Å². The van der Waals surface area contributed by atoms with Crippen molar-refractivity contribution >= 4 is 23.6 Å². The van der Waals surface area contributed by atoms with E-state index in [4.69, 9.17) is 4.74 Å². The van der Waals surface area contributed by atoms with Crippen molar-refractivity contribution in [3.8, 4) is 0 Å². The number of carbonyl (C=O) groups excluding carboxylic acids is 2. The zero-order chi connectivity index (χ0) is 18.4.